The van der Waals surface area contributed by atoms with Gasteiger partial charge in [-0.15, -0.1) is 0 Å². The van der Waals surface area contributed by atoms with Crippen LogP contribution in [0.1, 0.15) is 142 Å². The Bertz CT molecular complexity index is 477. The highest BCUT2D eigenvalue weighted by molar-refractivity contribution is 5.73. The van der Waals surface area contributed by atoms with E-state index in [0.29, 0.717) is 6.42 Å². The Kier molecular flexibility index (Phi) is 28.5. The van der Waals surface area contributed by atoms with E-state index in [2.05, 4.69) is 19.1 Å². The number of aliphatic carboxylic acids is 2. The summed E-state index contributed by atoms with van der Waals surface area (Å²) in [5.41, 5.74) is 5.13. The summed E-state index contributed by atoms with van der Waals surface area (Å²) in [6, 6.07) is 0. The van der Waals surface area contributed by atoms with Crippen LogP contribution in [0, 0.1) is 0 Å². The van der Waals surface area contributed by atoms with Crippen LogP contribution in [0.3, 0.4) is 0 Å². The van der Waals surface area contributed by atoms with Gasteiger partial charge in [-0.1, -0.05) is 96.1 Å². The molecule has 6 nitrogen and oxygen atoms in total. The number of primary amides is 1. The number of amides is 1. The first kappa shape index (κ1) is 33.3. The first-order valence-electron chi connectivity index (χ1n) is 13.3. The van der Waals surface area contributed by atoms with E-state index < -0.39 is 11.9 Å². The Morgan fingerprint density at radius 2 is 0.909 bits per heavy atom. The van der Waals surface area contributed by atoms with Crippen LogP contribution in [0.25, 0.3) is 0 Å². The normalized spacial score (nSPS) is 10.7. The maximum atomic E-state index is 10.6. The van der Waals surface area contributed by atoms with E-state index in [1.165, 1.54) is 96.3 Å². The fraction of sp³-hybridized carbons (Fsp3) is 0.815. The number of carbonyl (C=O) groups excluding carboxylic acids is 1. The van der Waals surface area contributed by atoms with Gasteiger partial charge in [0.25, 0.3) is 0 Å². The minimum Gasteiger partial charge on any atom is -0.481 e. The Morgan fingerprint density at radius 3 is 1.27 bits per heavy atom. The lowest BCUT2D eigenvalue weighted by molar-refractivity contribution is -0.138. The van der Waals surface area contributed by atoms with Crippen molar-refractivity contribution in [2.24, 2.45) is 5.73 Å². The molecular weight excluding hydrogens is 418 g/mol. The molecule has 0 aliphatic carbocycles. The van der Waals surface area contributed by atoms with Gasteiger partial charge in [-0.05, 0) is 38.5 Å². The molecule has 0 atom stereocenters. The topological polar surface area (TPSA) is 118 Å². The average Bonchev–Trinajstić information content (AvgIpc) is 2.75. The molecule has 6 heteroatoms. The lowest BCUT2D eigenvalue weighted by Gasteiger charge is -2.01. The van der Waals surface area contributed by atoms with Crippen LogP contribution in [0.5, 0.6) is 0 Å². The molecule has 0 rings (SSSR count). The number of unbranched alkanes of at least 4 members (excludes halogenated alkanes) is 15. The highest BCUT2D eigenvalue weighted by atomic mass is 16.4. The lowest BCUT2D eigenvalue weighted by atomic mass is 10.1. The molecule has 0 unspecified atom stereocenters. The molecule has 0 radical (unpaired) electrons. The summed E-state index contributed by atoms with van der Waals surface area (Å²) in [6.45, 7) is 2.28. The van der Waals surface area contributed by atoms with Gasteiger partial charge >= 0.3 is 11.9 Å². The zero-order valence-corrected chi connectivity index (χ0v) is 21.2. The first-order valence-corrected chi connectivity index (χ1v) is 13.3. The fourth-order valence-corrected chi connectivity index (χ4v) is 3.47. The molecule has 0 aromatic rings. The summed E-state index contributed by atoms with van der Waals surface area (Å²) in [5, 5.41) is 16.1. The van der Waals surface area contributed by atoms with E-state index in [-0.39, 0.29) is 25.2 Å². The van der Waals surface area contributed by atoms with Crippen molar-refractivity contribution < 1.29 is 24.6 Å². The predicted molar refractivity (Wildman–Crippen MR) is 136 cm³/mol. The smallest absolute Gasteiger partial charge is 0.303 e. The van der Waals surface area contributed by atoms with Gasteiger partial charge in [-0.25, -0.2) is 0 Å². The number of carboxylic acids is 2. The molecule has 0 saturated carbocycles. The number of carboxylic acid groups (broad SMARTS) is 2. The molecule has 0 fully saturated rings. The van der Waals surface area contributed by atoms with Crippen molar-refractivity contribution in [3.8, 4) is 0 Å². The molecule has 4 N–H and O–H groups in total. The molecule has 0 spiro atoms. The lowest BCUT2D eigenvalue weighted by Crippen LogP contribution is -2.09. The van der Waals surface area contributed by atoms with Gasteiger partial charge in [0.05, 0.1) is 0 Å². The molecule has 0 aromatic heterocycles. The molecule has 0 saturated heterocycles. The van der Waals surface area contributed by atoms with Gasteiger partial charge < -0.3 is 15.9 Å². The van der Waals surface area contributed by atoms with Crippen LogP contribution in [-0.2, 0) is 14.4 Å². The first-order chi connectivity index (χ1) is 15.9. The summed E-state index contributed by atoms with van der Waals surface area (Å²) in [7, 11) is 0. The second kappa shape index (κ2) is 28.2. The van der Waals surface area contributed by atoms with Gasteiger partial charge in [0.2, 0.25) is 5.91 Å². The Balaban J connectivity index is 0. The van der Waals surface area contributed by atoms with E-state index in [1.54, 1.807) is 0 Å². The van der Waals surface area contributed by atoms with Crippen LogP contribution >= 0.6 is 0 Å². The van der Waals surface area contributed by atoms with Crippen molar-refractivity contribution in [2.75, 3.05) is 0 Å². The predicted octanol–water partition coefficient (Wildman–Crippen LogP) is 7.40. The number of nitrogens with two attached hydrogens (primary N) is 1. The van der Waals surface area contributed by atoms with Crippen LogP contribution in [-0.4, -0.2) is 28.1 Å². The quantitative estimate of drug-likeness (QED) is 0.106. The third kappa shape index (κ3) is 37.8. The second-order valence-corrected chi connectivity index (χ2v) is 8.86. The van der Waals surface area contributed by atoms with Crippen molar-refractivity contribution in [1.29, 1.82) is 0 Å². The molecule has 194 valence electrons. The largest absolute Gasteiger partial charge is 0.481 e. The summed E-state index contributed by atoms with van der Waals surface area (Å²) in [5.74, 6) is -2.05. The molecule has 0 aromatic carbocycles. The van der Waals surface area contributed by atoms with Crippen LogP contribution in [0.2, 0.25) is 0 Å². The highest BCUT2D eigenvalue weighted by Gasteiger charge is 1.99. The van der Waals surface area contributed by atoms with Crippen molar-refractivity contribution >= 4 is 17.8 Å². The molecule has 0 heterocycles. The van der Waals surface area contributed by atoms with E-state index in [0.717, 1.165) is 12.8 Å². The minimum absolute atomic E-state index is 0.0632. The highest BCUT2D eigenvalue weighted by Crippen LogP contribution is 2.12. The maximum absolute atomic E-state index is 10.6. The second-order valence-electron chi connectivity index (χ2n) is 8.86. The molecule has 0 bridgehead atoms. The van der Waals surface area contributed by atoms with Gasteiger partial charge in [0.1, 0.15) is 0 Å². The van der Waals surface area contributed by atoms with Crippen molar-refractivity contribution in [3.63, 3.8) is 0 Å². The van der Waals surface area contributed by atoms with Gasteiger partial charge in [0, 0.05) is 19.3 Å². The summed E-state index contributed by atoms with van der Waals surface area (Å²) in [4.78, 5) is 30.2. The third-order valence-corrected chi connectivity index (χ3v) is 5.47. The number of rotatable bonds is 23. The van der Waals surface area contributed by atoms with Crippen molar-refractivity contribution in [2.45, 2.75) is 142 Å². The number of carbonyl (C=O) groups is 3. The molecular formula is C27H51NO5. The molecule has 33 heavy (non-hydrogen) atoms. The Hall–Kier alpha value is -1.85. The Morgan fingerprint density at radius 1 is 0.545 bits per heavy atom. The van der Waals surface area contributed by atoms with Crippen LogP contribution in [0.15, 0.2) is 12.2 Å². The average molecular weight is 470 g/mol. The van der Waals surface area contributed by atoms with E-state index in [4.69, 9.17) is 15.9 Å². The van der Waals surface area contributed by atoms with E-state index in [1.807, 2.05) is 0 Å². The summed E-state index contributed by atoms with van der Waals surface area (Å²) in [6.07, 6.45) is 27.9. The molecule has 1 amide bonds. The van der Waals surface area contributed by atoms with Crippen molar-refractivity contribution in [3.05, 3.63) is 12.2 Å². The number of hydrogen-bond acceptors (Lipinski definition) is 3. The van der Waals surface area contributed by atoms with Gasteiger partial charge in [-0.2, -0.15) is 0 Å². The minimum atomic E-state index is -0.948. The maximum Gasteiger partial charge on any atom is 0.303 e. The summed E-state index contributed by atoms with van der Waals surface area (Å²) >= 11 is 0. The monoisotopic (exact) mass is 469 g/mol. The van der Waals surface area contributed by atoms with Gasteiger partial charge in [0.15, 0.2) is 0 Å². The van der Waals surface area contributed by atoms with Crippen molar-refractivity contribution in [1.82, 2.24) is 0 Å². The van der Waals surface area contributed by atoms with E-state index in [9.17, 15) is 14.4 Å². The summed E-state index contributed by atoms with van der Waals surface area (Å²) < 4.78 is 0. The zero-order chi connectivity index (χ0) is 25.0. The fourth-order valence-electron chi connectivity index (χ4n) is 3.47. The zero-order valence-electron chi connectivity index (χ0n) is 21.2. The third-order valence-electron chi connectivity index (χ3n) is 5.47. The van der Waals surface area contributed by atoms with Gasteiger partial charge in [-0.3, -0.25) is 14.4 Å². The SMILES string of the molecule is CCCCCCCC/C=C\CCCCCCCCCCCC(N)=O.O=C(O)CCCC(=O)O. The molecule has 0 aliphatic heterocycles. The van der Waals surface area contributed by atoms with E-state index >= 15 is 0 Å². The standard InChI is InChI=1S/C22H43NO.C5H8O4/c1-2-3-4-5-6-7-8-9-10-11-12-13-14-15-16-17-18-19-20-21-22(23)24;6-4(7)2-1-3-5(8)9/h9-10H,2-8,11-21H2,1H3,(H2,23,24);1-3H2,(H,6,7)(H,8,9)/b10-9-;. The van der Waals surface area contributed by atoms with Crippen LogP contribution < -0.4 is 5.73 Å². The number of hydrogen-bond donors (Lipinski definition) is 3. The Labute approximate surface area is 202 Å². The van der Waals surface area contributed by atoms with Crippen LogP contribution in [0.4, 0.5) is 0 Å². The molecule has 0 aliphatic rings. The number of allylic oxidation sites excluding steroid dienone is 2.